The number of para-hydroxylation sites is 1. The highest BCUT2D eigenvalue weighted by Gasteiger charge is 2.06. The van der Waals surface area contributed by atoms with Crippen molar-refractivity contribution in [2.45, 2.75) is 26.3 Å². The van der Waals surface area contributed by atoms with Gasteiger partial charge in [0.05, 0.1) is 19.8 Å². The van der Waals surface area contributed by atoms with Gasteiger partial charge in [-0.3, -0.25) is 4.99 Å². The molecule has 0 aliphatic carbocycles. The number of nitrogens with one attached hydrogen (secondary N) is 2. The van der Waals surface area contributed by atoms with Crippen LogP contribution in [0.4, 0.5) is 0 Å². The Hall–Kier alpha value is -1.28. The topological polar surface area (TPSA) is 54.9 Å². The quantitative estimate of drug-likeness (QED) is 0.293. The molecule has 2 N–H and O–H groups in total. The van der Waals surface area contributed by atoms with Crippen molar-refractivity contribution in [1.29, 1.82) is 0 Å². The van der Waals surface area contributed by atoms with Crippen molar-refractivity contribution in [2.24, 2.45) is 4.99 Å². The van der Waals surface area contributed by atoms with E-state index in [9.17, 15) is 0 Å². The van der Waals surface area contributed by atoms with Crippen molar-refractivity contribution >= 4 is 29.9 Å². The molecule has 134 valence electrons. The third-order valence-electron chi connectivity index (χ3n) is 3.74. The molecule has 0 atom stereocenters. The Morgan fingerprint density at radius 3 is 2.83 bits per heavy atom. The number of hydrogen-bond donors (Lipinski definition) is 2. The van der Waals surface area contributed by atoms with E-state index in [4.69, 9.17) is 9.47 Å². The van der Waals surface area contributed by atoms with Gasteiger partial charge >= 0.3 is 0 Å². The summed E-state index contributed by atoms with van der Waals surface area (Å²) in [5, 5.41) is 6.69. The molecule has 0 spiro atoms. The molecule has 0 bridgehead atoms. The largest absolute Gasteiger partial charge is 0.494 e. The van der Waals surface area contributed by atoms with Gasteiger partial charge in [0.2, 0.25) is 0 Å². The molecule has 0 amide bonds. The predicted molar refractivity (Wildman–Crippen MR) is 109 cm³/mol. The van der Waals surface area contributed by atoms with Gasteiger partial charge in [0, 0.05) is 25.7 Å². The van der Waals surface area contributed by atoms with Crippen LogP contribution in [0.5, 0.6) is 5.75 Å². The second-order valence-corrected chi connectivity index (χ2v) is 5.33. The first kappa shape index (κ1) is 20.8. The van der Waals surface area contributed by atoms with Gasteiger partial charge in [-0.2, -0.15) is 0 Å². The van der Waals surface area contributed by atoms with Crippen LogP contribution in [0.25, 0.3) is 0 Å². The number of nitrogens with zero attached hydrogens (tertiary/aromatic N) is 1. The van der Waals surface area contributed by atoms with Crippen LogP contribution in [0.1, 0.15) is 25.3 Å². The molecule has 6 heteroatoms. The lowest BCUT2D eigenvalue weighted by atomic mass is 10.1. The summed E-state index contributed by atoms with van der Waals surface area (Å²) >= 11 is 0. The molecule has 1 aliphatic rings. The Labute approximate surface area is 161 Å². The van der Waals surface area contributed by atoms with Gasteiger partial charge in [-0.25, -0.2) is 0 Å². The SMILES string of the molecule is CCOc1ccccc1CNC(=NC)NCCC1=CCOCC1.I. The highest BCUT2D eigenvalue weighted by atomic mass is 127. The van der Waals surface area contributed by atoms with E-state index in [1.165, 1.54) is 5.57 Å². The number of benzene rings is 1. The van der Waals surface area contributed by atoms with Crippen LogP contribution in [-0.4, -0.2) is 39.4 Å². The maximum absolute atomic E-state index is 5.64. The molecule has 1 heterocycles. The average Bonchev–Trinajstić information content (AvgIpc) is 2.60. The number of guanidine groups is 1. The van der Waals surface area contributed by atoms with Crippen molar-refractivity contribution in [2.75, 3.05) is 33.4 Å². The summed E-state index contributed by atoms with van der Waals surface area (Å²) in [6.07, 6.45) is 4.24. The Morgan fingerprint density at radius 1 is 1.29 bits per heavy atom. The second kappa shape index (κ2) is 12.1. The maximum atomic E-state index is 5.64. The van der Waals surface area contributed by atoms with Gasteiger partial charge < -0.3 is 20.1 Å². The van der Waals surface area contributed by atoms with Crippen molar-refractivity contribution in [3.8, 4) is 5.75 Å². The molecule has 5 nitrogen and oxygen atoms in total. The van der Waals surface area contributed by atoms with Crippen LogP contribution in [0, 0.1) is 0 Å². The van der Waals surface area contributed by atoms with Gasteiger partial charge in [0.25, 0.3) is 0 Å². The fourth-order valence-electron chi connectivity index (χ4n) is 2.48. The van der Waals surface area contributed by atoms with Crippen molar-refractivity contribution < 1.29 is 9.47 Å². The Morgan fingerprint density at radius 2 is 2.12 bits per heavy atom. The van der Waals surface area contributed by atoms with Gasteiger partial charge in [0.1, 0.15) is 5.75 Å². The molecule has 0 saturated carbocycles. The van der Waals surface area contributed by atoms with Crippen LogP contribution in [0.3, 0.4) is 0 Å². The third kappa shape index (κ3) is 7.09. The molecule has 0 aromatic heterocycles. The highest BCUT2D eigenvalue weighted by molar-refractivity contribution is 14.0. The van der Waals surface area contributed by atoms with E-state index in [2.05, 4.69) is 27.8 Å². The first-order valence-corrected chi connectivity index (χ1v) is 8.24. The minimum Gasteiger partial charge on any atom is -0.494 e. The van der Waals surface area contributed by atoms with E-state index in [0.717, 1.165) is 49.9 Å². The number of aliphatic imine (C=N–C) groups is 1. The van der Waals surface area contributed by atoms with Crippen LogP contribution >= 0.6 is 24.0 Å². The molecule has 0 radical (unpaired) electrons. The smallest absolute Gasteiger partial charge is 0.191 e. The number of hydrogen-bond acceptors (Lipinski definition) is 3. The monoisotopic (exact) mass is 445 g/mol. The van der Waals surface area contributed by atoms with Crippen LogP contribution in [0.2, 0.25) is 0 Å². The summed E-state index contributed by atoms with van der Waals surface area (Å²) in [7, 11) is 1.79. The normalized spacial score (nSPS) is 14.4. The van der Waals surface area contributed by atoms with Gasteiger partial charge in [-0.1, -0.05) is 29.8 Å². The average molecular weight is 445 g/mol. The molecular weight excluding hydrogens is 417 g/mol. The lowest BCUT2D eigenvalue weighted by Crippen LogP contribution is -2.37. The molecule has 1 aromatic rings. The number of halogens is 1. The van der Waals surface area contributed by atoms with E-state index in [1.54, 1.807) is 7.05 Å². The van der Waals surface area contributed by atoms with Crippen molar-refractivity contribution in [1.82, 2.24) is 10.6 Å². The molecule has 1 aromatic carbocycles. The van der Waals surface area contributed by atoms with Crippen molar-refractivity contribution in [3.05, 3.63) is 41.5 Å². The van der Waals surface area contributed by atoms with E-state index in [0.29, 0.717) is 13.2 Å². The molecule has 0 saturated heterocycles. The van der Waals surface area contributed by atoms with Gasteiger partial charge in [-0.15, -0.1) is 24.0 Å². The lowest BCUT2D eigenvalue weighted by molar-refractivity contribution is 0.153. The van der Waals surface area contributed by atoms with E-state index < -0.39 is 0 Å². The molecule has 2 rings (SSSR count). The molecule has 1 aliphatic heterocycles. The third-order valence-corrected chi connectivity index (χ3v) is 3.74. The van der Waals surface area contributed by atoms with E-state index in [-0.39, 0.29) is 24.0 Å². The van der Waals surface area contributed by atoms with E-state index in [1.807, 2.05) is 25.1 Å². The number of rotatable bonds is 7. The summed E-state index contributed by atoms with van der Waals surface area (Å²) in [5.74, 6) is 1.73. The number of ether oxygens (including phenoxy) is 2. The fourth-order valence-corrected chi connectivity index (χ4v) is 2.48. The zero-order chi connectivity index (χ0) is 16.3. The van der Waals surface area contributed by atoms with Gasteiger partial charge in [-0.05, 0) is 25.8 Å². The highest BCUT2D eigenvalue weighted by Crippen LogP contribution is 2.17. The lowest BCUT2D eigenvalue weighted by Gasteiger charge is -2.16. The van der Waals surface area contributed by atoms with Gasteiger partial charge in [0.15, 0.2) is 5.96 Å². The molecule has 0 unspecified atom stereocenters. The summed E-state index contributed by atoms with van der Waals surface area (Å²) in [6, 6.07) is 8.07. The van der Waals surface area contributed by atoms with E-state index >= 15 is 0 Å². The molecular formula is C18H28IN3O2. The van der Waals surface area contributed by atoms with Crippen LogP contribution in [-0.2, 0) is 11.3 Å². The molecule has 24 heavy (non-hydrogen) atoms. The maximum Gasteiger partial charge on any atom is 0.191 e. The minimum atomic E-state index is 0. The first-order chi connectivity index (χ1) is 11.3. The van der Waals surface area contributed by atoms with Crippen LogP contribution < -0.4 is 15.4 Å². The first-order valence-electron chi connectivity index (χ1n) is 8.24. The summed E-state index contributed by atoms with van der Waals surface area (Å²) < 4.78 is 11.0. The standard InChI is InChI=1S/C18H27N3O2.HI/c1-3-23-17-7-5-4-6-16(17)14-21-18(19-2)20-11-8-15-9-12-22-13-10-15;/h4-7,9H,3,8,10-14H2,1-2H3,(H2,19,20,21);1H. The second-order valence-electron chi connectivity index (χ2n) is 5.33. The summed E-state index contributed by atoms with van der Waals surface area (Å²) in [5.41, 5.74) is 2.59. The Bertz CT molecular complexity index is 547. The summed E-state index contributed by atoms with van der Waals surface area (Å²) in [4.78, 5) is 4.27. The molecule has 0 fully saturated rings. The Balaban J connectivity index is 0.00000288. The minimum absolute atomic E-state index is 0. The summed E-state index contributed by atoms with van der Waals surface area (Å²) in [6.45, 7) is 5.81. The van der Waals surface area contributed by atoms with Crippen LogP contribution in [0.15, 0.2) is 40.9 Å². The van der Waals surface area contributed by atoms with Crippen molar-refractivity contribution in [3.63, 3.8) is 0 Å². The Kier molecular flexibility index (Phi) is 10.5. The fraction of sp³-hybridized carbons (Fsp3) is 0.500. The zero-order valence-corrected chi connectivity index (χ0v) is 16.8. The zero-order valence-electron chi connectivity index (χ0n) is 14.5. The predicted octanol–water partition coefficient (Wildman–Crippen LogP) is 3.11.